The molecule has 5 nitrogen and oxygen atoms in total. The van der Waals surface area contributed by atoms with Crippen molar-refractivity contribution in [2.45, 2.75) is 49.6 Å². The van der Waals surface area contributed by atoms with Crippen LogP contribution in [0.15, 0.2) is 59.5 Å². The van der Waals surface area contributed by atoms with Gasteiger partial charge in [-0.2, -0.15) is 0 Å². The van der Waals surface area contributed by atoms with Crippen LogP contribution in [0, 0.1) is 12.8 Å². The molecule has 3 unspecified atom stereocenters. The molecular formula is C24H32N2O3S. The molecule has 0 amide bonds. The number of morpholine rings is 1. The van der Waals surface area contributed by atoms with Gasteiger partial charge in [-0.3, -0.25) is 4.90 Å². The topological polar surface area (TPSA) is 58.6 Å². The summed E-state index contributed by atoms with van der Waals surface area (Å²) in [6, 6.07) is 17.3. The number of benzene rings is 2. The largest absolute Gasteiger partial charge is 0.379 e. The molecule has 1 aliphatic heterocycles. The number of nitrogens with one attached hydrogen (secondary N) is 1. The number of aryl methyl sites for hydroxylation is 1. The summed E-state index contributed by atoms with van der Waals surface area (Å²) in [4.78, 5) is 2.84. The number of nitrogens with zero attached hydrogens (tertiary/aromatic N) is 1. The van der Waals surface area contributed by atoms with E-state index < -0.39 is 10.0 Å². The van der Waals surface area contributed by atoms with Crippen LogP contribution in [0.2, 0.25) is 0 Å². The Morgan fingerprint density at radius 3 is 2.33 bits per heavy atom. The van der Waals surface area contributed by atoms with Gasteiger partial charge in [-0.15, -0.1) is 0 Å². The fourth-order valence-corrected chi connectivity index (χ4v) is 6.18. The zero-order valence-electron chi connectivity index (χ0n) is 17.7. The van der Waals surface area contributed by atoms with Crippen LogP contribution in [0.5, 0.6) is 0 Å². The van der Waals surface area contributed by atoms with E-state index in [1.165, 1.54) is 6.42 Å². The molecule has 0 bridgehead atoms. The first-order valence-corrected chi connectivity index (χ1v) is 12.5. The maximum absolute atomic E-state index is 13.3. The van der Waals surface area contributed by atoms with E-state index in [-0.39, 0.29) is 12.0 Å². The maximum Gasteiger partial charge on any atom is 0.241 e. The summed E-state index contributed by atoms with van der Waals surface area (Å²) in [6.07, 6.45) is 4.48. The van der Waals surface area contributed by atoms with Crippen LogP contribution >= 0.6 is 0 Å². The van der Waals surface area contributed by atoms with Crippen LogP contribution in [0.25, 0.3) is 0 Å². The third-order valence-corrected chi connectivity index (χ3v) is 7.95. The van der Waals surface area contributed by atoms with Gasteiger partial charge < -0.3 is 4.74 Å². The molecule has 162 valence electrons. The molecule has 0 spiro atoms. The lowest BCUT2D eigenvalue weighted by Gasteiger charge is -2.44. The van der Waals surface area contributed by atoms with Crippen molar-refractivity contribution in [3.8, 4) is 0 Å². The van der Waals surface area contributed by atoms with Gasteiger partial charge >= 0.3 is 0 Å². The highest BCUT2D eigenvalue weighted by Gasteiger charge is 2.38. The molecule has 1 N–H and O–H groups in total. The summed E-state index contributed by atoms with van der Waals surface area (Å²) in [5.74, 6) is 0.236. The van der Waals surface area contributed by atoms with Gasteiger partial charge in [0.2, 0.25) is 10.0 Å². The first-order chi connectivity index (χ1) is 14.5. The predicted octanol–water partition coefficient (Wildman–Crippen LogP) is 3.91. The number of hydrogen-bond acceptors (Lipinski definition) is 4. The summed E-state index contributed by atoms with van der Waals surface area (Å²) in [5.41, 5.74) is 2.09. The van der Waals surface area contributed by atoms with Crippen LogP contribution in [-0.4, -0.2) is 45.7 Å². The van der Waals surface area contributed by atoms with Gasteiger partial charge in [0, 0.05) is 19.1 Å². The number of hydrogen-bond donors (Lipinski definition) is 1. The van der Waals surface area contributed by atoms with E-state index in [2.05, 4.69) is 9.62 Å². The van der Waals surface area contributed by atoms with Gasteiger partial charge in [0.05, 0.1) is 24.2 Å². The van der Waals surface area contributed by atoms with Gasteiger partial charge in [0.15, 0.2) is 0 Å². The van der Waals surface area contributed by atoms with Crippen LogP contribution in [0.4, 0.5) is 0 Å². The molecule has 1 heterocycles. The zero-order valence-corrected chi connectivity index (χ0v) is 18.5. The molecule has 3 atom stereocenters. The molecule has 1 aliphatic carbocycles. The lowest BCUT2D eigenvalue weighted by Crippen LogP contribution is -2.51. The molecule has 1 saturated carbocycles. The van der Waals surface area contributed by atoms with Gasteiger partial charge in [-0.1, -0.05) is 60.9 Å². The Hall–Kier alpha value is -1.73. The van der Waals surface area contributed by atoms with Crippen LogP contribution in [0.1, 0.15) is 42.9 Å². The SMILES string of the molecule is Cc1ccc(S(=O)(=O)NC(c2ccccc2)C2CCCCC2N2CCOCC2)cc1. The number of ether oxygens (including phenoxy) is 1. The second-order valence-corrected chi connectivity index (χ2v) is 10.2. The summed E-state index contributed by atoms with van der Waals surface area (Å²) in [5, 5.41) is 0. The van der Waals surface area contributed by atoms with Crippen molar-refractivity contribution in [1.29, 1.82) is 0 Å². The normalized spacial score (nSPS) is 24.4. The summed E-state index contributed by atoms with van der Waals surface area (Å²) >= 11 is 0. The van der Waals surface area contributed by atoms with Crippen molar-refractivity contribution in [2.24, 2.45) is 5.92 Å². The quantitative estimate of drug-likeness (QED) is 0.758. The zero-order chi connectivity index (χ0) is 21.0. The first-order valence-electron chi connectivity index (χ1n) is 11.0. The highest BCUT2D eigenvalue weighted by molar-refractivity contribution is 7.89. The Bertz CT molecular complexity index is 909. The van der Waals surface area contributed by atoms with Crippen molar-refractivity contribution in [3.63, 3.8) is 0 Å². The van der Waals surface area contributed by atoms with Gasteiger partial charge in [0.25, 0.3) is 0 Å². The minimum Gasteiger partial charge on any atom is -0.379 e. The Morgan fingerprint density at radius 2 is 1.63 bits per heavy atom. The second-order valence-electron chi connectivity index (χ2n) is 8.49. The van der Waals surface area contributed by atoms with Gasteiger partial charge in [-0.25, -0.2) is 13.1 Å². The Labute approximate surface area is 180 Å². The average Bonchev–Trinajstić information content (AvgIpc) is 2.79. The summed E-state index contributed by atoms with van der Waals surface area (Å²) in [6.45, 7) is 5.33. The molecule has 2 fully saturated rings. The molecule has 30 heavy (non-hydrogen) atoms. The van der Waals surface area contributed by atoms with E-state index in [1.54, 1.807) is 12.1 Å². The first kappa shape index (κ1) is 21.5. The maximum atomic E-state index is 13.3. The molecule has 6 heteroatoms. The highest BCUT2D eigenvalue weighted by Crippen LogP contribution is 2.38. The van der Waals surface area contributed by atoms with Crippen molar-refractivity contribution in [2.75, 3.05) is 26.3 Å². The molecule has 4 rings (SSSR count). The van der Waals surface area contributed by atoms with E-state index >= 15 is 0 Å². The Balaban J connectivity index is 1.66. The lowest BCUT2D eigenvalue weighted by atomic mass is 9.77. The van der Waals surface area contributed by atoms with E-state index in [9.17, 15) is 8.42 Å². The summed E-state index contributed by atoms with van der Waals surface area (Å²) in [7, 11) is -3.62. The average molecular weight is 429 g/mol. The third-order valence-electron chi connectivity index (χ3n) is 6.50. The Kier molecular flexibility index (Phi) is 6.88. The van der Waals surface area contributed by atoms with Crippen LogP contribution in [0.3, 0.4) is 0 Å². The van der Waals surface area contributed by atoms with Crippen molar-refractivity contribution >= 4 is 10.0 Å². The van der Waals surface area contributed by atoms with Gasteiger partial charge in [0.1, 0.15) is 0 Å². The molecule has 0 aromatic heterocycles. The van der Waals surface area contributed by atoms with E-state index in [0.717, 1.165) is 56.7 Å². The third kappa shape index (κ3) is 4.94. The molecule has 0 radical (unpaired) electrons. The van der Waals surface area contributed by atoms with Crippen molar-refractivity contribution < 1.29 is 13.2 Å². The van der Waals surface area contributed by atoms with E-state index in [4.69, 9.17) is 4.74 Å². The Morgan fingerprint density at radius 1 is 0.967 bits per heavy atom. The van der Waals surface area contributed by atoms with E-state index in [0.29, 0.717) is 10.9 Å². The molecule has 2 aromatic rings. The monoisotopic (exact) mass is 428 g/mol. The van der Waals surface area contributed by atoms with Gasteiger partial charge in [-0.05, 0) is 43.4 Å². The predicted molar refractivity (Wildman–Crippen MR) is 119 cm³/mol. The van der Waals surface area contributed by atoms with E-state index in [1.807, 2.05) is 49.4 Å². The minimum atomic E-state index is -3.62. The second kappa shape index (κ2) is 9.60. The molecule has 1 saturated heterocycles. The fraction of sp³-hybridized carbons (Fsp3) is 0.500. The molecular weight excluding hydrogens is 396 g/mol. The minimum absolute atomic E-state index is 0.236. The van der Waals surface area contributed by atoms with Crippen LogP contribution < -0.4 is 4.72 Å². The van der Waals surface area contributed by atoms with Crippen molar-refractivity contribution in [1.82, 2.24) is 9.62 Å². The molecule has 2 aliphatic rings. The molecule has 2 aromatic carbocycles. The summed E-state index contributed by atoms with van der Waals surface area (Å²) < 4.78 is 35.3. The van der Waals surface area contributed by atoms with Crippen molar-refractivity contribution in [3.05, 3.63) is 65.7 Å². The smallest absolute Gasteiger partial charge is 0.241 e. The lowest BCUT2D eigenvalue weighted by molar-refractivity contribution is -0.0124. The fourth-order valence-electron chi connectivity index (χ4n) is 4.91. The highest BCUT2D eigenvalue weighted by atomic mass is 32.2. The van der Waals surface area contributed by atoms with Crippen LogP contribution in [-0.2, 0) is 14.8 Å². The number of sulfonamides is 1. The number of rotatable bonds is 6. The standard InChI is InChI=1S/C24H32N2O3S/c1-19-11-13-21(14-12-19)30(27,28)25-24(20-7-3-2-4-8-20)22-9-5-6-10-23(22)26-15-17-29-18-16-26/h2-4,7-8,11-14,22-25H,5-6,9-10,15-18H2,1H3.